The lowest BCUT2D eigenvalue weighted by atomic mass is 10.2. The van der Waals surface area contributed by atoms with Gasteiger partial charge in [0.15, 0.2) is 9.84 Å². The number of rotatable bonds is 3. The molecule has 0 aliphatic heterocycles. The minimum atomic E-state index is -4.03. The van der Waals surface area contributed by atoms with Crippen molar-refractivity contribution in [2.45, 2.75) is 4.90 Å². The van der Waals surface area contributed by atoms with Gasteiger partial charge in [-0.3, -0.25) is 0 Å². The van der Waals surface area contributed by atoms with Gasteiger partial charge in [-0.2, -0.15) is 5.26 Å². The molecule has 0 saturated heterocycles. The number of aromatic carboxylic acids is 1. The average Bonchev–Trinajstić information content (AvgIpc) is 2.21. The first kappa shape index (κ1) is 13.4. The fourth-order valence-corrected chi connectivity index (χ4v) is 2.17. The Labute approximate surface area is 101 Å². The second kappa shape index (κ2) is 4.69. The number of carbonyl (C=O) groups is 1. The van der Waals surface area contributed by atoms with Crippen molar-refractivity contribution < 1.29 is 22.7 Å². The Morgan fingerprint density at radius 1 is 1.53 bits per heavy atom. The summed E-state index contributed by atoms with van der Waals surface area (Å²) >= 11 is 5.37. The van der Waals surface area contributed by atoms with Crippen LogP contribution >= 0.6 is 11.6 Å². The number of nitrogens with zero attached hydrogens (tertiary/aromatic N) is 1. The summed E-state index contributed by atoms with van der Waals surface area (Å²) in [7, 11) is -4.03. The first-order valence-electron chi connectivity index (χ1n) is 4.11. The first-order valence-corrected chi connectivity index (χ1v) is 6.14. The van der Waals surface area contributed by atoms with Crippen molar-refractivity contribution in [1.29, 1.82) is 5.26 Å². The number of halogens is 2. The predicted molar refractivity (Wildman–Crippen MR) is 56.0 cm³/mol. The molecule has 1 N–H and O–H groups in total. The largest absolute Gasteiger partial charge is 0.478 e. The molecule has 17 heavy (non-hydrogen) atoms. The normalized spacial score (nSPS) is 10.9. The maximum atomic E-state index is 13.2. The molecule has 0 amide bonds. The molecule has 0 atom stereocenters. The Morgan fingerprint density at radius 3 is 2.59 bits per heavy atom. The van der Waals surface area contributed by atoms with Crippen LogP contribution in [-0.2, 0) is 9.84 Å². The smallest absolute Gasteiger partial charge is 0.337 e. The zero-order valence-electron chi connectivity index (χ0n) is 8.15. The molecule has 1 aromatic rings. The number of benzene rings is 1. The van der Waals surface area contributed by atoms with Crippen molar-refractivity contribution in [3.63, 3.8) is 0 Å². The zero-order chi connectivity index (χ0) is 13.2. The second-order valence-corrected chi connectivity index (χ2v) is 5.36. The lowest BCUT2D eigenvalue weighted by Crippen LogP contribution is -2.08. The van der Waals surface area contributed by atoms with E-state index in [1.165, 1.54) is 6.07 Å². The Hall–Kier alpha value is -1.65. The van der Waals surface area contributed by atoms with E-state index < -0.39 is 42.9 Å². The fourth-order valence-electron chi connectivity index (χ4n) is 1.07. The first-order chi connectivity index (χ1) is 7.79. The number of hydrogen-bond donors (Lipinski definition) is 1. The van der Waals surface area contributed by atoms with Gasteiger partial charge in [0, 0.05) is 0 Å². The molecule has 0 bridgehead atoms. The number of carboxylic acids is 1. The van der Waals surface area contributed by atoms with Crippen LogP contribution in [0.2, 0.25) is 5.02 Å². The van der Waals surface area contributed by atoms with Crippen molar-refractivity contribution in [3.05, 3.63) is 28.5 Å². The van der Waals surface area contributed by atoms with Crippen LogP contribution in [0.1, 0.15) is 10.4 Å². The third kappa shape index (κ3) is 2.72. The molecular formula is C9H5ClFNO4S. The molecule has 5 nitrogen and oxygen atoms in total. The van der Waals surface area contributed by atoms with Crippen LogP contribution in [0.3, 0.4) is 0 Å². The van der Waals surface area contributed by atoms with Gasteiger partial charge < -0.3 is 5.11 Å². The lowest BCUT2D eigenvalue weighted by Gasteiger charge is -2.05. The summed E-state index contributed by atoms with van der Waals surface area (Å²) in [6.45, 7) is 0. The van der Waals surface area contributed by atoms with Gasteiger partial charge in [0.1, 0.15) is 11.6 Å². The van der Waals surface area contributed by atoms with Crippen LogP contribution in [0.15, 0.2) is 17.0 Å². The SMILES string of the molecule is N#CCS(=O)(=O)c1cc(F)c(Cl)c(C(=O)O)c1. The molecule has 8 heteroatoms. The van der Waals surface area contributed by atoms with E-state index >= 15 is 0 Å². The van der Waals surface area contributed by atoms with Gasteiger partial charge in [0.2, 0.25) is 0 Å². The standard InChI is InChI=1S/C9H5ClFNO4S/c10-8-6(9(13)14)3-5(4-7(8)11)17(15,16)2-1-12/h3-4H,2H2,(H,13,14). The molecule has 0 unspecified atom stereocenters. The van der Waals surface area contributed by atoms with E-state index in [1.54, 1.807) is 0 Å². The molecule has 0 aliphatic rings. The highest BCUT2D eigenvalue weighted by atomic mass is 35.5. The van der Waals surface area contributed by atoms with Crippen LogP contribution in [0.4, 0.5) is 4.39 Å². The quantitative estimate of drug-likeness (QED) is 0.903. The van der Waals surface area contributed by atoms with Gasteiger partial charge in [-0.25, -0.2) is 17.6 Å². The second-order valence-electron chi connectivity index (χ2n) is 2.99. The maximum Gasteiger partial charge on any atom is 0.337 e. The number of nitriles is 1. The molecular weight excluding hydrogens is 273 g/mol. The van der Waals surface area contributed by atoms with Crippen LogP contribution in [0.5, 0.6) is 0 Å². The third-order valence-corrected chi connectivity index (χ3v) is 3.69. The van der Waals surface area contributed by atoms with E-state index in [0.29, 0.717) is 6.07 Å². The van der Waals surface area contributed by atoms with Crippen LogP contribution in [-0.4, -0.2) is 25.2 Å². The van der Waals surface area contributed by atoms with Gasteiger partial charge in [0.25, 0.3) is 0 Å². The Bertz CT molecular complexity index is 621. The van der Waals surface area contributed by atoms with E-state index in [0.717, 1.165) is 6.07 Å². The van der Waals surface area contributed by atoms with Gasteiger partial charge in [-0.15, -0.1) is 0 Å². The monoisotopic (exact) mass is 277 g/mol. The maximum absolute atomic E-state index is 13.2. The number of hydrogen-bond acceptors (Lipinski definition) is 4. The number of carboxylic acid groups (broad SMARTS) is 1. The third-order valence-electron chi connectivity index (χ3n) is 1.85. The molecule has 1 aromatic carbocycles. The molecule has 0 fully saturated rings. The summed E-state index contributed by atoms with van der Waals surface area (Å²) in [4.78, 5) is 10.1. The summed E-state index contributed by atoms with van der Waals surface area (Å²) in [5, 5.41) is 16.3. The van der Waals surface area contributed by atoms with E-state index in [2.05, 4.69) is 0 Å². The molecule has 0 heterocycles. The van der Waals surface area contributed by atoms with Crippen molar-refractivity contribution in [3.8, 4) is 6.07 Å². The zero-order valence-corrected chi connectivity index (χ0v) is 9.72. The molecule has 0 saturated carbocycles. The minimum Gasteiger partial charge on any atom is -0.478 e. The van der Waals surface area contributed by atoms with Crippen molar-refractivity contribution in [2.75, 3.05) is 5.75 Å². The van der Waals surface area contributed by atoms with E-state index in [-0.39, 0.29) is 0 Å². The topological polar surface area (TPSA) is 95.2 Å². The molecule has 90 valence electrons. The summed E-state index contributed by atoms with van der Waals surface area (Å²) in [5.74, 6) is -3.58. The van der Waals surface area contributed by atoms with E-state index in [9.17, 15) is 17.6 Å². The lowest BCUT2D eigenvalue weighted by molar-refractivity contribution is 0.0696. The van der Waals surface area contributed by atoms with Crippen molar-refractivity contribution >= 4 is 27.4 Å². The molecule has 0 spiro atoms. The molecule has 0 aliphatic carbocycles. The van der Waals surface area contributed by atoms with E-state index in [4.69, 9.17) is 22.0 Å². The van der Waals surface area contributed by atoms with Crippen molar-refractivity contribution in [2.24, 2.45) is 0 Å². The summed E-state index contributed by atoms with van der Waals surface area (Å²) in [6, 6.07) is 2.71. The molecule has 0 radical (unpaired) electrons. The van der Waals surface area contributed by atoms with Crippen LogP contribution in [0.25, 0.3) is 0 Å². The number of sulfone groups is 1. The summed E-state index contributed by atoms with van der Waals surface area (Å²) < 4.78 is 36.1. The fraction of sp³-hybridized carbons (Fsp3) is 0.111. The van der Waals surface area contributed by atoms with Crippen molar-refractivity contribution in [1.82, 2.24) is 0 Å². The highest BCUT2D eigenvalue weighted by Gasteiger charge is 2.21. The van der Waals surface area contributed by atoms with E-state index in [1.807, 2.05) is 0 Å². The summed E-state index contributed by atoms with van der Waals surface area (Å²) in [5.41, 5.74) is -0.664. The Morgan fingerprint density at radius 2 is 2.12 bits per heavy atom. The van der Waals surface area contributed by atoms with Gasteiger partial charge >= 0.3 is 5.97 Å². The van der Waals surface area contributed by atoms with Gasteiger partial charge in [-0.1, -0.05) is 11.6 Å². The highest BCUT2D eigenvalue weighted by molar-refractivity contribution is 7.91. The van der Waals surface area contributed by atoms with Crippen LogP contribution < -0.4 is 0 Å². The average molecular weight is 278 g/mol. The predicted octanol–water partition coefficient (Wildman–Crippen LogP) is 1.47. The molecule has 0 aromatic heterocycles. The Kier molecular flexibility index (Phi) is 3.70. The highest BCUT2D eigenvalue weighted by Crippen LogP contribution is 2.25. The minimum absolute atomic E-state index is 0.585. The molecule has 1 rings (SSSR count). The van der Waals surface area contributed by atoms with Gasteiger partial charge in [-0.05, 0) is 12.1 Å². The van der Waals surface area contributed by atoms with Crippen LogP contribution in [0, 0.1) is 17.1 Å². The van der Waals surface area contributed by atoms with Gasteiger partial charge in [0.05, 0.1) is 21.6 Å². The summed E-state index contributed by atoms with van der Waals surface area (Å²) in [6.07, 6.45) is 0. The Balaban J connectivity index is 3.50.